The van der Waals surface area contributed by atoms with Gasteiger partial charge in [0.15, 0.2) is 11.5 Å². The molecule has 1 heterocycles. The predicted octanol–water partition coefficient (Wildman–Crippen LogP) is 2.67. The van der Waals surface area contributed by atoms with Crippen LogP contribution in [0.4, 0.5) is 0 Å². The van der Waals surface area contributed by atoms with E-state index >= 15 is 0 Å². The number of fused-ring (bicyclic) bond motifs is 1. The van der Waals surface area contributed by atoms with E-state index in [9.17, 15) is 0 Å². The van der Waals surface area contributed by atoms with E-state index in [0.717, 1.165) is 34.5 Å². The zero-order valence-electron chi connectivity index (χ0n) is 11.3. The number of hydrogen-bond donors (Lipinski definition) is 2. The number of hydrogen-bond acceptors (Lipinski definition) is 4. The highest BCUT2D eigenvalue weighted by Crippen LogP contribution is 2.36. The molecule has 1 aromatic rings. The quantitative estimate of drug-likeness (QED) is 0.842. The summed E-state index contributed by atoms with van der Waals surface area (Å²) in [6, 6.07) is 4.24. The van der Waals surface area contributed by atoms with Crippen LogP contribution in [0.1, 0.15) is 25.8 Å². The van der Waals surface area contributed by atoms with Crippen LogP contribution in [0.15, 0.2) is 16.6 Å². The first-order valence-electron chi connectivity index (χ1n) is 6.54. The van der Waals surface area contributed by atoms with Crippen molar-refractivity contribution in [3.8, 4) is 11.5 Å². The van der Waals surface area contributed by atoms with Crippen molar-refractivity contribution in [2.24, 2.45) is 5.92 Å². The summed E-state index contributed by atoms with van der Waals surface area (Å²) in [4.78, 5) is 0. The molecule has 1 unspecified atom stereocenters. The molecule has 19 heavy (non-hydrogen) atoms. The fourth-order valence-corrected chi connectivity index (χ4v) is 2.61. The van der Waals surface area contributed by atoms with Gasteiger partial charge in [0, 0.05) is 23.7 Å². The molecule has 0 spiro atoms. The first-order chi connectivity index (χ1) is 9.11. The van der Waals surface area contributed by atoms with E-state index in [-0.39, 0.29) is 13.4 Å². The molecule has 1 aromatic carbocycles. The second kappa shape index (κ2) is 6.59. The second-order valence-corrected chi connectivity index (χ2v) is 5.89. The van der Waals surface area contributed by atoms with Crippen molar-refractivity contribution in [1.82, 2.24) is 5.32 Å². The maximum absolute atomic E-state index is 9.08. The van der Waals surface area contributed by atoms with Crippen LogP contribution in [0.5, 0.6) is 11.5 Å². The summed E-state index contributed by atoms with van der Waals surface area (Å²) in [7, 11) is 0. The molecule has 0 bridgehead atoms. The van der Waals surface area contributed by atoms with Crippen molar-refractivity contribution >= 4 is 15.9 Å². The van der Waals surface area contributed by atoms with Gasteiger partial charge in [-0.25, -0.2) is 0 Å². The predicted molar refractivity (Wildman–Crippen MR) is 77.4 cm³/mol. The Morgan fingerprint density at radius 1 is 1.32 bits per heavy atom. The van der Waals surface area contributed by atoms with Crippen LogP contribution in [-0.4, -0.2) is 24.5 Å². The Labute approximate surface area is 122 Å². The topological polar surface area (TPSA) is 50.7 Å². The molecule has 1 atom stereocenters. The molecule has 1 aliphatic rings. The molecule has 0 saturated heterocycles. The van der Waals surface area contributed by atoms with Crippen molar-refractivity contribution in [3.63, 3.8) is 0 Å². The van der Waals surface area contributed by atoms with Gasteiger partial charge in [0.2, 0.25) is 6.79 Å². The van der Waals surface area contributed by atoms with Gasteiger partial charge < -0.3 is 19.9 Å². The van der Waals surface area contributed by atoms with E-state index in [2.05, 4.69) is 35.1 Å². The largest absolute Gasteiger partial charge is 0.454 e. The Morgan fingerprint density at radius 2 is 2.00 bits per heavy atom. The highest BCUT2D eigenvalue weighted by molar-refractivity contribution is 9.10. The lowest BCUT2D eigenvalue weighted by atomic mass is 10.0. The molecule has 1 aliphatic heterocycles. The van der Waals surface area contributed by atoms with Gasteiger partial charge in [0.1, 0.15) is 0 Å². The Bertz CT molecular complexity index is 437. The summed E-state index contributed by atoms with van der Waals surface area (Å²) in [5, 5.41) is 12.6. The molecule has 0 amide bonds. The standard InChI is InChI=1S/C14H20BrNO3/c1-9(2)12(3-4-17)16-7-10-5-13-14(6-11(10)15)19-8-18-13/h5-6,9,12,16-17H,3-4,7-8H2,1-2H3. The molecule has 2 rings (SSSR count). The molecule has 0 saturated carbocycles. The summed E-state index contributed by atoms with van der Waals surface area (Å²) < 4.78 is 11.7. The SMILES string of the molecule is CC(C)C(CCO)NCc1cc2c(cc1Br)OCO2. The molecular formula is C14H20BrNO3. The lowest BCUT2D eigenvalue weighted by Gasteiger charge is -2.22. The van der Waals surface area contributed by atoms with Crippen LogP contribution >= 0.6 is 15.9 Å². The zero-order valence-corrected chi connectivity index (χ0v) is 12.9. The summed E-state index contributed by atoms with van der Waals surface area (Å²) in [6.07, 6.45) is 0.764. The Balaban J connectivity index is 2.03. The van der Waals surface area contributed by atoms with Crippen LogP contribution in [0, 0.1) is 5.92 Å². The maximum atomic E-state index is 9.08. The van der Waals surface area contributed by atoms with Gasteiger partial charge in [-0.15, -0.1) is 0 Å². The molecule has 0 aliphatic carbocycles. The number of aliphatic hydroxyl groups is 1. The smallest absolute Gasteiger partial charge is 0.231 e. The summed E-state index contributed by atoms with van der Waals surface area (Å²) in [6.45, 7) is 5.54. The lowest BCUT2D eigenvalue weighted by Crippen LogP contribution is -2.34. The van der Waals surface area contributed by atoms with Crippen molar-refractivity contribution in [3.05, 3.63) is 22.2 Å². The summed E-state index contributed by atoms with van der Waals surface area (Å²) >= 11 is 3.55. The molecule has 0 radical (unpaired) electrons. The number of nitrogens with one attached hydrogen (secondary N) is 1. The number of benzene rings is 1. The van der Waals surface area contributed by atoms with Crippen LogP contribution in [0.2, 0.25) is 0 Å². The fraction of sp³-hybridized carbons (Fsp3) is 0.571. The van der Waals surface area contributed by atoms with Crippen molar-refractivity contribution in [2.45, 2.75) is 32.9 Å². The molecule has 5 heteroatoms. The molecule has 0 aromatic heterocycles. The number of rotatable bonds is 6. The van der Waals surface area contributed by atoms with Gasteiger partial charge in [0.05, 0.1) is 0 Å². The number of aliphatic hydroxyl groups excluding tert-OH is 1. The molecule has 0 fully saturated rings. The first kappa shape index (κ1) is 14.6. The van der Waals surface area contributed by atoms with E-state index in [1.54, 1.807) is 0 Å². The summed E-state index contributed by atoms with van der Waals surface area (Å²) in [5.74, 6) is 2.06. The highest BCUT2D eigenvalue weighted by atomic mass is 79.9. The zero-order chi connectivity index (χ0) is 13.8. The normalized spacial score (nSPS) is 15.0. The van der Waals surface area contributed by atoms with Gasteiger partial charge in [-0.05, 0) is 30.0 Å². The average molecular weight is 330 g/mol. The minimum absolute atomic E-state index is 0.207. The average Bonchev–Trinajstić information content (AvgIpc) is 2.80. The van der Waals surface area contributed by atoms with Crippen molar-refractivity contribution < 1.29 is 14.6 Å². The fourth-order valence-electron chi connectivity index (χ4n) is 2.15. The minimum Gasteiger partial charge on any atom is -0.454 e. The van der Waals surface area contributed by atoms with Crippen LogP contribution in [0.3, 0.4) is 0 Å². The Hall–Kier alpha value is -0.780. The molecular weight excluding hydrogens is 310 g/mol. The van der Waals surface area contributed by atoms with Gasteiger partial charge in [-0.1, -0.05) is 29.8 Å². The number of halogens is 1. The maximum Gasteiger partial charge on any atom is 0.231 e. The second-order valence-electron chi connectivity index (χ2n) is 5.04. The van der Waals surface area contributed by atoms with E-state index in [1.807, 2.05) is 12.1 Å². The van der Waals surface area contributed by atoms with E-state index in [1.165, 1.54) is 0 Å². The van der Waals surface area contributed by atoms with Crippen molar-refractivity contribution in [1.29, 1.82) is 0 Å². The third-order valence-electron chi connectivity index (χ3n) is 3.34. The van der Waals surface area contributed by atoms with Gasteiger partial charge in [0.25, 0.3) is 0 Å². The van der Waals surface area contributed by atoms with E-state index < -0.39 is 0 Å². The van der Waals surface area contributed by atoms with E-state index in [4.69, 9.17) is 14.6 Å². The molecule has 2 N–H and O–H groups in total. The van der Waals surface area contributed by atoms with Crippen LogP contribution in [0.25, 0.3) is 0 Å². The van der Waals surface area contributed by atoms with Crippen LogP contribution in [-0.2, 0) is 6.54 Å². The lowest BCUT2D eigenvalue weighted by molar-refractivity contribution is 0.174. The monoisotopic (exact) mass is 329 g/mol. The third-order valence-corrected chi connectivity index (χ3v) is 4.08. The van der Waals surface area contributed by atoms with Crippen molar-refractivity contribution in [2.75, 3.05) is 13.4 Å². The minimum atomic E-state index is 0.207. The Morgan fingerprint density at radius 3 is 2.63 bits per heavy atom. The third kappa shape index (κ3) is 3.61. The summed E-state index contributed by atoms with van der Waals surface area (Å²) in [5.41, 5.74) is 1.13. The first-order valence-corrected chi connectivity index (χ1v) is 7.33. The van der Waals surface area contributed by atoms with Gasteiger partial charge in [-0.3, -0.25) is 0 Å². The van der Waals surface area contributed by atoms with E-state index in [0.29, 0.717) is 12.0 Å². The molecule has 106 valence electrons. The van der Waals surface area contributed by atoms with Crippen LogP contribution < -0.4 is 14.8 Å². The Kier molecular flexibility index (Phi) is 5.07. The van der Waals surface area contributed by atoms with Gasteiger partial charge >= 0.3 is 0 Å². The highest BCUT2D eigenvalue weighted by Gasteiger charge is 2.17. The number of ether oxygens (including phenoxy) is 2. The van der Waals surface area contributed by atoms with Gasteiger partial charge in [-0.2, -0.15) is 0 Å². The molecule has 4 nitrogen and oxygen atoms in total.